The summed E-state index contributed by atoms with van der Waals surface area (Å²) in [5.41, 5.74) is 0. The van der Waals surface area contributed by atoms with Gasteiger partial charge < -0.3 is 0 Å². The number of fused-ring (bicyclic) bond motifs is 2. The van der Waals surface area contributed by atoms with E-state index in [2.05, 4.69) is 30.7 Å². The largest absolute Gasteiger partial charge is 0.0876 e. The predicted molar refractivity (Wildman–Crippen MR) is 52.6 cm³/mol. The summed E-state index contributed by atoms with van der Waals surface area (Å²) in [5, 5.41) is 0. The maximum absolute atomic E-state index is 2.43. The summed E-state index contributed by atoms with van der Waals surface area (Å²) in [5.74, 6) is 1.56. The molecule has 0 aromatic carbocycles. The highest BCUT2D eigenvalue weighted by Crippen LogP contribution is 2.26. The lowest BCUT2D eigenvalue weighted by molar-refractivity contribution is 0.489. The van der Waals surface area contributed by atoms with Gasteiger partial charge in [-0.1, -0.05) is 37.1 Å². The van der Waals surface area contributed by atoms with E-state index in [1.54, 1.807) is 0 Å². The first-order chi connectivity index (χ1) is 5.95. The molecule has 65 valence electrons. The second kappa shape index (κ2) is 3.93. The van der Waals surface area contributed by atoms with Gasteiger partial charge in [0, 0.05) is 0 Å². The number of hydrogen-bond acceptors (Lipinski definition) is 0. The summed E-state index contributed by atoms with van der Waals surface area (Å²) < 4.78 is 0. The van der Waals surface area contributed by atoms with Gasteiger partial charge >= 0.3 is 0 Å². The Balaban J connectivity index is 2.10. The Morgan fingerprint density at radius 3 is 2.92 bits per heavy atom. The Labute approximate surface area is 75.4 Å². The van der Waals surface area contributed by atoms with E-state index in [1.165, 1.54) is 32.1 Å². The minimum Gasteiger partial charge on any atom is -0.0876 e. The summed E-state index contributed by atoms with van der Waals surface area (Å²) in [6, 6.07) is 0. The van der Waals surface area contributed by atoms with E-state index in [0.717, 1.165) is 11.8 Å². The van der Waals surface area contributed by atoms with Gasteiger partial charge in [-0.3, -0.25) is 0 Å². The van der Waals surface area contributed by atoms with Crippen molar-refractivity contribution >= 4 is 0 Å². The molecule has 0 aromatic rings. The molecule has 0 heterocycles. The van der Waals surface area contributed by atoms with Gasteiger partial charge in [-0.25, -0.2) is 0 Å². The molecule has 0 aliphatic heterocycles. The lowest BCUT2D eigenvalue weighted by Gasteiger charge is -2.20. The van der Waals surface area contributed by atoms with Crippen molar-refractivity contribution in [3.05, 3.63) is 30.7 Å². The summed E-state index contributed by atoms with van der Waals surface area (Å²) in [7, 11) is 0. The van der Waals surface area contributed by atoms with Crippen molar-refractivity contribution < 1.29 is 0 Å². The van der Waals surface area contributed by atoms with Gasteiger partial charge in [-0.05, 0) is 37.5 Å². The van der Waals surface area contributed by atoms with Crippen LogP contribution < -0.4 is 0 Å². The van der Waals surface area contributed by atoms with Crippen molar-refractivity contribution in [1.82, 2.24) is 0 Å². The van der Waals surface area contributed by atoms with Crippen LogP contribution in [-0.4, -0.2) is 0 Å². The average molecular weight is 161 g/mol. The smallest absolute Gasteiger partial charge is 0.0102 e. The molecular formula is C12H17. The third kappa shape index (κ3) is 2.00. The van der Waals surface area contributed by atoms with Gasteiger partial charge in [0.1, 0.15) is 0 Å². The van der Waals surface area contributed by atoms with Crippen LogP contribution in [0, 0.1) is 18.3 Å². The summed E-state index contributed by atoms with van der Waals surface area (Å²) in [4.78, 5) is 0. The third-order valence-electron chi connectivity index (χ3n) is 2.93. The summed E-state index contributed by atoms with van der Waals surface area (Å²) in [6.07, 6.45) is 18.6. The van der Waals surface area contributed by atoms with Gasteiger partial charge in [-0.2, -0.15) is 0 Å². The monoisotopic (exact) mass is 161 g/mol. The van der Waals surface area contributed by atoms with Crippen LogP contribution in [0.15, 0.2) is 24.3 Å². The molecule has 0 saturated heterocycles. The number of allylic oxidation sites excluding steroid dienone is 4. The van der Waals surface area contributed by atoms with Gasteiger partial charge in [0.15, 0.2) is 0 Å². The molecule has 2 bridgehead atoms. The highest BCUT2D eigenvalue weighted by atomic mass is 14.2. The molecule has 2 rings (SSSR count). The predicted octanol–water partition coefficient (Wildman–Crippen LogP) is 3.51. The van der Waals surface area contributed by atoms with Gasteiger partial charge in [0.25, 0.3) is 0 Å². The van der Waals surface area contributed by atoms with Crippen LogP contribution in [0.1, 0.15) is 32.1 Å². The van der Waals surface area contributed by atoms with Crippen LogP contribution in [0.4, 0.5) is 0 Å². The van der Waals surface area contributed by atoms with Crippen molar-refractivity contribution in [3.63, 3.8) is 0 Å². The Kier molecular flexibility index (Phi) is 2.65. The third-order valence-corrected chi connectivity index (χ3v) is 2.93. The molecule has 2 unspecified atom stereocenters. The molecule has 0 heteroatoms. The van der Waals surface area contributed by atoms with E-state index in [-0.39, 0.29) is 0 Å². The zero-order chi connectivity index (χ0) is 8.23. The highest BCUT2D eigenvalue weighted by molar-refractivity contribution is 5.11. The van der Waals surface area contributed by atoms with Crippen LogP contribution in [0.25, 0.3) is 0 Å². The fraction of sp³-hybridized carbons (Fsp3) is 0.583. The lowest BCUT2D eigenvalue weighted by Crippen LogP contribution is -2.06. The minimum absolute atomic E-state index is 0.726. The number of hydrogen-bond donors (Lipinski definition) is 0. The van der Waals surface area contributed by atoms with Crippen LogP contribution >= 0.6 is 0 Å². The van der Waals surface area contributed by atoms with E-state index in [1.807, 2.05) is 0 Å². The van der Waals surface area contributed by atoms with E-state index >= 15 is 0 Å². The van der Waals surface area contributed by atoms with E-state index in [4.69, 9.17) is 0 Å². The normalized spacial score (nSPS) is 40.7. The zero-order valence-electron chi connectivity index (χ0n) is 7.58. The standard InChI is InChI=1S/C12H17/c1-2-6-12-8-4-3-7-11(5-1)9-10-12/h1-2,5,9-12H,3-4,6-8H2/b2-1-,10-9-. The van der Waals surface area contributed by atoms with Crippen molar-refractivity contribution in [3.8, 4) is 0 Å². The molecule has 0 spiro atoms. The molecule has 2 aliphatic rings. The van der Waals surface area contributed by atoms with Crippen molar-refractivity contribution in [2.45, 2.75) is 32.1 Å². The molecule has 0 amide bonds. The molecular weight excluding hydrogens is 144 g/mol. The first-order valence-corrected chi connectivity index (χ1v) is 5.13. The molecule has 0 nitrogen and oxygen atoms in total. The van der Waals surface area contributed by atoms with Gasteiger partial charge in [0.2, 0.25) is 0 Å². The fourth-order valence-corrected chi connectivity index (χ4v) is 2.11. The molecule has 0 saturated carbocycles. The fourth-order valence-electron chi connectivity index (χ4n) is 2.11. The van der Waals surface area contributed by atoms with Crippen molar-refractivity contribution in [1.29, 1.82) is 0 Å². The molecule has 0 N–H and O–H groups in total. The van der Waals surface area contributed by atoms with E-state index in [0.29, 0.717) is 0 Å². The summed E-state index contributed by atoms with van der Waals surface area (Å²) in [6.45, 7) is 0. The topological polar surface area (TPSA) is 0 Å². The zero-order valence-corrected chi connectivity index (χ0v) is 7.58. The van der Waals surface area contributed by atoms with Gasteiger partial charge in [0.05, 0.1) is 0 Å². The molecule has 0 aromatic heterocycles. The van der Waals surface area contributed by atoms with Crippen LogP contribution in [0.3, 0.4) is 0 Å². The molecule has 2 atom stereocenters. The first kappa shape index (κ1) is 8.10. The van der Waals surface area contributed by atoms with Crippen molar-refractivity contribution in [2.24, 2.45) is 11.8 Å². The maximum atomic E-state index is 2.43. The highest BCUT2D eigenvalue weighted by Gasteiger charge is 2.12. The van der Waals surface area contributed by atoms with Crippen molar-refractivity contribution in [2.75, 3.05) is 0 Å². The average Bonchev–Trinajstić information content (AvgIpc) is 2.03. The van der Waals surface area contributed by atoms with E-state index in [9.17, 15) is 0 Å². The Morgan fingerprint density at radius 1 is 1.00 bits per heavy atom. The van der Waals surface area contributed by atoms with Crippen LogP contribution in [0.5, 0.6) is 0 Å². The second-order valence-corrected chi connectivity index (χ2v) is 3.95. The molecule has 1 radical (unpaired) electrons. The van der Waals surface area contributed by atoms with Crippen LogP contribution in [-0.2, 0) is 0 Å². The van der Waals surface area contributed by atoms with Gasteiger partial charge in [-0.15, -0.1) is 0 Å². The summed E-state index contributed by atoms with van der Waals surface area (Å²) >= 11 is 0. The molecule has 2 aliphatic carbocycles. The molecule has 0 fully saturated rings. The second-order valence-electron chi connectivity index (χ2n) is 3.95. The minimum atomic E-state index is 0.726. The Hall–Kier alpha value is -0.520. The quantitative estimate of drug-likeness (QED) is 0.477. The Morgan fingerprint density at radius 2 is 1.92 bits per heavy atom. The maximum Gasteiger partial charge on any atom is -0.0102 e. The SMILES string of the molecule is [CH]1/C=C\CC2/C=C\C1CCCC2. The first-order valence-electron chi connectivity index (χ1n) is 5.13. The number of rotatable bonds is 0. The van der Waals surface area contributed by atoms with E-state index < -0.39 is 0 Å². The lowest BCUT2D eigenvalue weighted by atomic mass is 9.86. The molecule has 12 heavy (non-hydrogen) atoms. The Bertz CT molecular complexity index is 168. The van der Waals surface area contributed by atoms with Crippen LogP contribution in [0.2, 0.25) is 0 Å².